The van der Waals surface area contributed by atoms with Crippen molar-refractivity contribution in [3.05, 3.63) is 51.9 Å². The summed E-state index contributed by atoms with van der Waals surface area (Å²) in [5.41, 5.74) is 1.05. The molecule has 7 heteroatoms. The molecule has 0 saturated heterocycles. The molecular weight excluding hydrogens is 334 g/mol. The number of carbonyl (C=O) groups is 1. The Balaban J connectivity index is 1.62. The van der Waals surface area contributed by atoms with Gasteiger partial charge in [-0.2, -0.15) is 5.10 Å². The average Bonchev–Trinajstić information content (AvgIpc) is 3.32. The molecule has 1 aromatic carbocycles. The van der Waals surface area contributed by atoms with Gasteiger partial charge in [-0.25, -0.2) is 4.68 Å². The van der Waals surface area contributed by atoms with Crippen molar-refractivity contribution in [2.45, 2.75) is 38.3 Å². The van der Waals surface area contributed by atoms with E-state index in [1.807, 2.05) is 23.1 Å². The highest BCUT2D eigenvalue weighted by Gasteiger charge is 2.29. The summed E-state index contributed by atoms with van der Waals surface area (Å²) < 4.78 is 12.0. The highest BCUT2D eigenvalue weighted by atomic mass is 16.7. The van der Waals surface area contributed by atoms with Gasteiger partial charge in [0.25, 0.3) is 11.5 Å². The van der Waals surface area contributed by atoms with Gasteiger partial charge in [-0.3, -0.25) is 9.59 Å². The van der Waals surface area contributed by atoms with Crippen molar-refractivity contribution in [3.8, 4) is 11.5 Å². The van der Waals surface area contributed by atoms with Crippen LogP contribution in [-0.2, 0) is 13.6 Å². The number of nitrogens with zero attached hydrogens (tertiary/aromatic N) is 3. The highest BCUT2D eigenvalue weighted by Crippen LogP contribution is 2.34. The Morgan fingerprint density at radius 2 is 1.96 bits per heavy atom. The summed E-state index contributed by atoms with van der Waals surface area (Å²) in [7, 11) is 1.55. The SMILES string of the molecule is Cn1nc(C(=O)N(Cc2ccc3c(c2)OCO3)C2CCCC2)ccc1=O. The van der Waals surface area contributed by atoms with E-state index in [1.54, 1.807) is 7.05 Å². The maximum atomic E-state index is 13.1. The summed E-state index contributed by atoms with van der Waals surface area (Å²) in [6.45, 7) is 0.705. The lowest BCUT2D eigenvalue weighted by Gasteiger charge is -2.29. The van der Waals surface area contributed by atoms with Gasteiger partial charge in [-0.15, -0.1) is 0 Å². The second kappa shape index (κ2) is 6.82. The predicted octanol–water partition coefficient (Wildman–Crippen LogP) is 2.09. The van der Waals surface area contributed by atoms with Gasteiger partial charge in [-0.1, -0.05) is 18.9 Å². The first-order valence-electron chi connectivity index (χ1n) is 8.86. The minimum absolute atomic E-state index is 0.148. The Kier molecular flexibility index (Phi) is 4.36. The summed E-state index contributed by atoms with van der Waals surface area (Å²) in [5, 5.41) is 4.13. The first-order valence-corrected chi connectivity index (χ1v) is 8.86. The molecule has 1 fully saturated rings. The normalized spacial score (nSPS) is 16.0. The third kappa shape index (κ3) is 3.16. The van der Waals surface area contributed by atoms with Crippen LogP contribution in [0.2, 0.25) is 0 Å². The van der Waals surface area contributed by atoms with Crippen molar-refractivity contribution in [1.29, 1.82) is 0 Å². The van der Waals surface area contributed by atoms with Crippen LogP contribution in [0.25, 0.3) is 0 Å². The fraction of sp³-hybridized carbons (Fsp3) is 0.421. The largest absolute Gasteiger partial charge is 0.454 e. The molecule has 0 spiro atoms. The van der Waals surface area contributed by atoms with E-state index in [4.69, 9.17) is 9.47 Å². The Morgan fingerprint density at radius 3 is 2.73 bits per heavy atom. The summed E-state index contributed by atoms with van der Waals surface area (Å²) in [6.07, 6.45) is 4.22. The van der Waals surface area contributed by atoms with Gasteiger partial charge in [0.1, 0.15) is 5.69 Å². The van der Waals surface area contributed by atoms with Crippen molar-refractivity contribution in [2.75, 3.05) is 6.79 Å². The van der Waals surface area contributed by atoms with E-state index in [-0.39, 0.29) is 24.3 Å². The fourth-order valence-electron chi connectivity index (χ4n) is 3.58. The summed E-state index contributed by atoms with van der Waals surface area (Å²) >= 11 is 0. The molecule has 7 nitrogen and oxygen atoms in total. The van der Waals surface area contributed by atoms with Crippen molar-refractivity contribution in [3.63, 3.8) is 0 Å². The van der Waals surface area contributed by atoms with Crippen molar-refractivity contribution < 1.29 is 14.3 Å². The Hall–Kier alpha value is -2.83. The number of aromatic nitrogens is 2. The fourth-order valence-corrected chi connectivity index (χ4v) is 3.58. The minimum Gasteiger partial charge on any atom is -0.454 e. The van der Waals surface area contributed by atoms with Crippen molar-refractivity contribution >= 4 is 5.91 Å². The summed E-state index contributed by atoms with van der Waals surface area (Å²) in [5.74, 6) is 1.29. The molecule has 0 bridgehead atoms. The van der Waals surface area contributed by atoms with Gasteiger partial charge >= 0.3 is 0 Å². The monoisotopic (exact) mass is 355 g/mol. The van der Waals surface area contributed by atoms with Crippen molar-refractivity contribution in [2.24, 2.45) is 7.05 Å². The van der Waals surface area contributed by atoms with Gasteiger partial charge in [0, 0.05) is 25.7 Å². The molecule has 4 rings (SSSR count). The molecule has 0 unspecified atom stereocenters. The maximum absolute atomic E-state index is 13.1. The van der Waals surface area contributed by atoms with Crippen LogP contribution < -0.4 is 15.0 Å². The molecule has 0 atom stereocenters. The molecule has 1 aliphatic carbocycles. The van der Waals surface area contributed by atoms with Gasteiger partial charge in [-0.05, 0) is 36.6 Å². The number of benzene rings is 1. The molecule has 2 aliphatic rings. The maximum Gasteiger partial charge on any atom is 0.274 e. The van der Waals surface area contributed by atoms with E-state index < -0.39 is 0 Å². The van der Waals surface area contributed by atoms with E-state index in [0.29, 0.717) is 18.0 Å². The van der Waals surface area contributed by atoms with Crippen LogP contribution in [0.3, 0.4) is 0 Å². The van der Waals surface area contributed by atoms with Crippen LogP contribution in [0.5, 0.6) is 11.5 Å². The summed E-state index contributed by atoms with van der Waals surface area (Å²) in [6, 6.07) is 8.83. The third-order valence-electron chi connectivity index (χ3n) is 5.00. The zero-order chi connectivity index (χ0) is 18.1. The molecule has 136 valence electrons. The van der Waals surface area contributed by atoms with E-state index in [2.05, 4.69) is 5.10 Å². The zero-order valence-corrected chi connectivity index (χ0v) is 14.7. The Morgan fingerprint density at radius 1 is 1.19 bits per heavy atom. The number of amides is 1. The summed E-state index contributed by atoms with van der Waals surface area (Å²) in [4.78, 5) is 26.6. The number of hydrogen-bond acceptors (Lipinski definition) is 5. The van der Waals surface area contributed by atoms with E-state index in [9.17, 15) is 9.59 Å². The average molecular weight is 355 g/mol. The van der Waals surface area contributed by atoms with Crippen LogP contribution in [0.1, 0.15) is 41.7 Å². The van der Waals surface area contributed by atoms with E-state index in [0.717, 1.165) is 37.0 Å². The lowest BCUT2D eigenvalue weighted by Crippen LogP contribution is -2.39. The molecule has 1 amide bonds. The zero-order valence-electron chi connectivity index (χ0n) is 14.7. The number of carbonyl (C=O) groups excluding carboxylic acids is 1. The predicted molar refractivity (Wildman–Crippen MR) is 94.2 cm³/mol. The second-order valence-corrected chi connectivity index (χ2v) is 6.74. The standard InChI is InChI=1S/C19H21N3O4/c1-21-18(23)9-7-15(20-21)19(24)22(14-4-2-3-5-14)11-13-6-8-16-17(10-13)26-12-25-16/h6-10,14H,2-5,11-12H2,1H3. The van der Waals surface area contributed by atoms with E-state index in [1.165, 1.54) is 16.8 Å². The van der Waals surface area contributed by atoms with Crippen LogP contribution in [0.15, 0.2) is 35.1 Å². The second-order valence-electron chi connectivity index (χ2n) is 6.74. The van der Waals surface area contributed by atoms with Gasteiger partial charge in [0.05, 0.1) is 0 Å². The van der Waals surface area contributed by atoms with Crippen LogP contribution >= 0.6 is 0 Å². The van der Waals surface area contributed by atoms with Gasteiger partial charge < -0.3 is 14.4 Å². The molecule has 1 saturated carbocycles. The highest BCUT2D eigenvalue weighted by molar-refractivity contribution is 5.92. The lowest BCUT2D eigenvalue weighted by atomic mass is 10.1. The molecule has 0 N–H and O–H groups in total. The number of ether oxygens (including phenoxy) is 2. The quantitative estimate of drug-likeness (QED) is 0.840. The van der Waals surface area contributed by atoms with Crippen molar-refractivity contribution in [1.82, 2.24) is 14.7 Å². The van der Waals surface area contributed by atoms with Gasteiger partial charge in [0.15, 0.2) is 11.5 Å². The minimum atomic E-state index is -0.232. The molecular formula is C19H21N3O4. The molecule has 26 heavy (non-hydrogen) atoms. The van der Waals surface area contributed by atoms with Gasteiger partial charge in [0.2, 0.25) is 6.79 Å². The number of aryl methyl sites for hydroxylation is 1. The molecule has 0 radical (unpaired) electrons. The number of rotatable bonds is 4. The molecule has 2 aromatic rings. The Labute approximate surface area is 151 Å². The van der Waals surface area contributed by atoms with Crippen LogP contribution in [0, 0.1) is 0 Å². The van der Waals surface area contributed by atoms with Crippen LogP contribution in [-0.4, -0.2) is 33.4 Å². The number of fused-ring (bicyclic) bond motifs is 1. The number of hydrogen-bond donors (Lipinski definition) is 0. The smallest absolute Gasteiger partial charge is 0.274 e. The molecule has 1 aliphatic heterocycles. The van der Waals surface area contributed by atoms with E-state index >= 15 is 0 Å². The molecule has 2 heterocycles. The topological polar surface area (TPSA) is 73.7 Å². The lowest BCUT2D eigenvalue weighted by molar-refractivity contribution is 0.0655. The van der Waals surface area contributed by atoms with Crippen LogP contribution in [0.4, 0.5) is 0 Å². The third-order valence-corrected chi connectivity index (χ3v) is 5.00. The Bertz CT molecular complexity index is 887. The molecule has 1 aromatic heterocycles. The first kappa shape index (κ1) is 16.6. The first-order chi connectivity index (χ1) is 12.6.